The van der Waals surface area contributed by atoms with Gasteiger partial charge in [-0.15, -0.1) is 0 Å². The monoisotopic (exact) mass is 316 g/mol. The number of hydrogen-bond donors (Lipinski definition) is 1. The van der Waals surface area contributed by atoms with Gasteiger partial charge in [-0.05, 0) is 39.7 Å². The molecular formula is C15H20N6O2. The molecule has 0 aromatic carbocycles. The molecule has 1 aliphatic heterocycles. The van der Waals surface area contributed by atoms with E-state index < -0.39 is 0 Å². The zero-order valence-electron chi connectivity index (χ0n) is 13.5. The average molecular weight is 316 g/mol. The summed E-state index contributed by atoms with van der Waals surface area (Å²) in [6, 6.07) is 1.68. The van der Waals surface area contributed by atoms with E-state index in [0.29, 0.717) is 18.1 Å². The molecule has 0 aliphatic carbocycles. The fraction of sp³-hybridized carbons (Fsp3) is 0.533. The summed E-state index contributed by atoms with van der Waals surface area (Å²) in [6.45, 7) is 6.06. The molecule has 1 unspecified atom stereocenters. The number of nitrogens with zero attached hydrogens (tertiary/aromatic N) is 5. The van der Waals surface area contributed by atoms with Crippen LogP contribution in [0.25, 0.3) is 0 Å². The van der Waals surface area contributed by atoms with Gasteiger partial charge >= 0.3 is 5.69 Å². The van der Waals surface area contributed by atoms with Gasteiger partial charge in [-0.2, -0.15) is 10.1 Å². The number of carbonyl (C=O) groups excluding carboxylic acids is 1. The molecule has 23 heavy (non-hydrogen) atoms. The van der Waals surface area contributed by atoms with Crippen molar-refractivity contribution in [1.82, 2.24) is 29.6 Å². The van der Waals surface area contributed by atoms with Crippen LogP contribution in [0.2, 0.25) is 0 Å². The molecule has 1 saturated heterocycles. The van der Waals surface area contributed by atoms with Crippen molar-refractivity contribution in [1.29, 1.82) is 0 Å². The van der Waals surface area contributed by atoms with Gasteiger partial charge in [0, 0.05) is 17.9 Å². The van der Waals surface area contributed by atoms with Crippen LogP contribution in [0.3, 0.4) is 0 Å². The molecule has 8 heteroatoms. The molecule has 1 N–H and O–H groups in total. The summed E-state index contributed by atoms with van der Waals surface area (Å²) in [4.78, 5) is 34.7. The van der Waals surface area contributed by atoms with Crippen molar-refractivity contribution < 1.29 is 4.79 Å². The summed E-state index contributed by atoms with van der Waals surface area (Å²) in [5.41, 5.74) is 1.01. The molecule has 2 aromatic rings. The Bertz CT molecular complexity index is 794. The normalized spacial score (nSPS) is 17.7. The van der Waals surface area contributed by atoms with Gasteiger partial charge in [-0.1, -0.05) is 0 Å². The van der Waals surface area contributed by atoms with Crippen molar-refractivity contribution in [3.63, 3.8) is 0 Å². The van der Waals surface area contributed by atoms with Crippen molar-refractivity contribution >= 4 is 5.91 Å². The highest BCUT2D eigenvalue weighted by atomic mass is 16.2. The van der Waals surface area contributed by atoms with E-state index in [4.69, 9.17) is 0 Å². The predicted molar refractivity (Wildman–Crippen MR) is 82.8 cm³/mol. The first-order valence-corrected chi connectivity index (χ1v) is 7.69. The minimum absolute atomic E-state index is 0.00213. The average Bonchev–Trinajstić information content (AvgIpc) is 3.10. The first-order valence-electron chi connectivity index (χ1n) is 7.69. The van der Waals surface area contributed by atoms with Gasteiger partial charge in [-0.25, -0.2) is 9.78 Å². The van der Waals surface area contributed by atoms with Gasteiger partial charge in [-0.3, -0.25) is 14.5 Å². The standard InChI is InChI=1S/C15H20N6O2/c1-9-7-10(2)21(15(23)16-9)8-13(22)20-6-4-5-12(20)14-17-11(3)18-19-14/h7,12H,4-6,8H2,1-3H3,(H,17,18,19). The third-order valence-corrected chi connectivity index (χ3v) is 4.13. The maximum Gasteiger partial charge on any atom is 0.348 e. The lowest BCUT2D eigenvalue weighted by molar-refractivity contribution is -0.133. The van der Waals surface area contributed by atoms with E-state index in [1.165, 1.54) is 4.57 Å². The van der Waals surface area contributed by atoms with E-state index in [2.05, 4.69) is 20.2 Å². The zero-order chi connectivity index (χ0) is 16.6. The van der Waals surface area contributed by atoms with Crippen LogP contribution in [0, 0.1) is 20.8 Å². The number of aryl methyl sites for hydroxylation is 3. The van der Waals surface area contributed by atoms with Crippen LogP contribution in [-0.2, 0) is 11.3 Å². The summed E-state index contributed by atoms with van der Waals surface area (Å²) in [5, 5.41) is 6.99. The maximum atomic E-state index is 12.7. The highest BCUT2D eigenvalue weighted by Crippen LogP contribution is 2.29. The number of carbonyl (C=O) groups is 1. The van der Waals surface area contributed by atoms with E-state index in [1.807, 2.05) is 13.8 Å². The Morgan fingerprint density at radius 1 is 1.35 bits per heavy atom. The van der Waals surface area contributed by atoms with Gasteiger partial charge in [0.2, 0.25) is 5.91 Å². The Morgan fingerprint density at radius 2 is 2.13 bits per heavy atom. The van der Waals surface area contributed by atoms with Crippen LogP contribution in [-0.4, -0.2) is 42.1 Å². The fourth-order valence-corrected chi connectivity index (χ4v) is 3.04. The van der Waals surface area contributed by atoms with Gasteiger partial charge in [0.25, 0.3) is 0 Å². The molecule has 3 rings (SSSR count). The minimum atomic E-state index is -0.389. The van der Waals surface area contributed by atoms with Gasteiger partial charge in [0.15, 0.2) is 5.82 Å². The van der Waals surface area contributed by atoms with Crippen LogP contribution < -0.4 is 5.69 Å². The number of H-pyrrole nitrogens is 1. The van der Waals surface area contributed by atoms with Crippen molar-refractivity contribution in [2.24, 2.45) is 0 Å². The van der Waals surface area contributed by atoms with Crippen molar-refractivity contribution in [2.75, 3.05) is 6.54 Å². The molecule has 8 nitrogen and oxygen atoms in total. The van der Waals surface area contributed by atoms with Crippen LogP contribution in [0.5, 0.6) is 0 Å². The molecule has 3 heterocycles. The quantitative estimate of drug-likeness (QED) is 0.897. The third kappa shape index (κ3) is 3.01. The number of hydrogen-bond acceptors (Lipinski definition) is 5. The molecule has 0 radical (unpaired) electrons. The summed E-state index contributed by atoms with van der Waals surface area (Å²) in [7, 11) is 0. The fourth-order valence-electron chi connectivity index (χ4n) is 3.04. The first kappa shape index (κ1) is 15.4. The molecular weight excluding hydrogens is 296 g/mol. The topological polar surface area (TPSA) is 96.8 Å². The molecule has 1 amide bonds. The third-order valence-electron chi connectivity index (χ3n) is 4.13. The Balaban J connectivity index is 1.82. The van der Waals surface area contributed by atoms with Crippen LogP contribution in [0.15, 0.2) is 10.9 Å². The minimum Gasteiger partial charge on any atom is -0.331 e. The molecule has 1 aliphatic rings. The lowest BCUT2D eigenvalue weighted by atomic mass is 10.2. The number of aromatic nitrogens is 5. The van der Waals surface area contributed by atoms with Gasteiger partial charge in [0.1, 0.15) is 12.4 Å². The number of nitrogens with one attached hydrogen (secondary N) is 1. The predicted octanol–water partition coefficient (Wildman–Crippen LogP) is 0.650. The van der Waals surface area contributed by atoms with Gasteiger partial charge in [0.05, 0.1) is 6.04 Å². The number of rotatable bonds is 3. The van der Waals surface area contributed by atoms with Crippen molar-refractivity contribution in [3.8, 4) is 0 Å². The Morgan fingerprint density at radius 3 is 2.78 bits per heavy atom. The SMILES string of the molecule is Cc1cc(C)n(CC(=O)N2CCCC2c2n[nH]c(C)n2)c(=O)n1. The zero-order valence-corrected chi connectivity index (χ0v) is 13.5. The van der Waals surface area contributed by atoms with E-state index in [-0.39, 0.29) is 24.2 Å². The lowest BCUT2D eigenvalue weighted by Gasteiger charge is -2.23. The molecule has 2 aromatic heterocycles. The van der Waals surface area contributed by atoms with Crippen LogP contribution in [0.1, 0.15) is 41.9 Å². The second kappa shape index (κ2) is 5.94. The molecule has 0 bridgehead atoms. The highest BCUT2D eigenvalue weighted by molar-refractivity contribution is 5.76. The first-order chi connectivity index (χ1) is 11.0. The molecule has 0 saturated carbocycles. The second-order valence-corrected chi connectivity index (χ2v) is 5.93. The maximum absolute atomic E-state index is 12.7. The lowest BCUT2D eigenvalue weighted by Crippen LogP contribution is -2.38. The number of aromatic amines is 1. The molecule has 1 atom stereocenters. The van der Waals surface area contributed by atoms with E-state index in [9.17, 15) is 9.59 Å². The van der Waals surface area contributed by atoms with Crippen molar-refractivity contribution in [2.45, 2.75) is 46.2 Å². The van der Waals surface area contributed by atoms with Gasteiger partial charge < -0.3 is 4.90 Å². The van der Waals surface area contributed by atoms with Crippen LogP contribution in [0.4, 0.5) is 0 Å². The molecule has 1 fully saturated rings. The smallest absolute Gasteiger partial charge is 0.331 e. The number of likely N-dealkylation sites (tertiary alicyclic amines) is 1. The summed E-state index contributed by atoms with van der Waals surface area (Å²) in [6.07, 6.45) is 1.74. The largest absolute Gasteiger partial charge is 0.348 e. The Kier molecular flexibility index (Phi) is 3.97. The Labute approximate surface area is 133 Å². The Hall–Kier alpha value is -2.51. The summed E-state index contributed by atoms with van der Waals surface area (Å²) in [5.74, 6) is 1.26. The van der Waals surface area contributed by atoms with Crippen LogP contribution >= 0.6 is 0 Å². The van der Waals surface area contributed by atoms with E-state index >= 15 is 0 Å². The van der Waals surface area contributed by atoms with E-state index in [0.717, 1.165) is 24.4 Å². The second-order valence-electron chi connectivity index (χ2n) is 5.93. The molecule has 122 valence electrons. The number of amides is 1. The molecule has 0 spiro atoms. The summed E-state index contributed by atoms with van der Waals surface area (Å²) < 4.78 is 1.41. The van der Waals surface area contributed by atoms with Crippen molar-refractivity contribution in [3.05, 3.63) is 39.6 Å². The summed E-state index contributed by atoms with van der Waals surface area (Å²) >= 11 is 0. The van der Waals surface area contributed by atoms with E-state index in [1.54, 1.807) is 17.9 Å². The highest BCUT2D eigenvalue weighted by Gasteiger charge is 2.32.